The van der Waals surface area contributed by atoms with Gasteiger partial charge in [0, 0.05) is 49.4 Å². The van der Waals surface area contributed by atoms with Crippen LogP contribution in [0, 0.1) is 5.82 Å². The van der Waals surface area contributed by atoms with Crippen LogP contribution in [-0.2, 0) is 4.79 Å². The maximum absolute atomic E-state index is 13.5. The van der Waals surface area contributed by atoms with Gasteiger partial charge in [0.2, 0.25) is 11.8 Å². The van der Waals surface area contributed by atoms with E-state index in [1.165, 1.54) is 25.1 Å². The van der Waals surface area contributed by atoms with Gasteiger partial charge in [0.05, 0.1) is 5.69 Å². The van der Waals surface area contributed by atoms with E-state index in [2.05, 4.69) is 31.1 Å². The Balaban J connectivity index is 1.46. The van der Waals surface area contributed by atoms with Crippen LogP contribution >= 0.6 is 15.9 Å². The first-order valence-corrected chi connectivity index (χ1v) is 10.1. The molecular formula is C20H23BrFN3O4. The first-order valence-electron chi connectivity index (χ1n) is 9.27. The van der Waals surface area contributed by atoms with Crippen LogP contribution < -0.4 is 14.8 Å². The van der Waals surface area contributed by atoms with Crippen molar-refractivity contribution < 1.29 is 23.8 Å². The number of nitrogens with zero attached hydrogens (tertiary/aromatic N) is 2. The molecule has 0 bridgehead atoms. The van der Waals surface area contributed by atoms with Gasteiger partial charge >= 0.3 is 0 Å². The molecule has 2 N–H and O–H groups in total. The van der Waals surface area contributed by atoms with Crippen molar-refractivity contribution in [3.63, 3.8) is 0 Å². The molecule has 2 heterocycles. The fourth-order valence-electron chi connectivity index (χ4n) is 3.11. The molecule has 1 amide bonds. The number of halogens is 2. The maximum atomic E-state index is 13.5. The number of amides is 1. The number of pyridine rings is 1. The summed E-state index contributed by atoms with van der Waals surface area (Å²) in [5.41, 5.74) is 0.364. The molecule has 0 spiro atoms. The van der Waals surface area contributed by atoms with E-state index in [1.807, 2.05) is 6.07 Å². The zero-order valence-electron chi connectivity index (χ0n) is 16.0. The molecule has 156 valence electrons. The number of nitrogens with one attached hydrogen (secondary N) is 1. The van der Waals surface area contributed by atoms with Crippen molar-refractivity contribution in [3.05, 3.63) is 46.8 Å². The molecule has 1 unspecified atom stereocenters. The van der Waals surface area contributed by atoms with Crippen molar-refractivity contribution in [1.29, 1.82) is 0 Å². The lowest BCUT2D eigenvalue weighted by atomic mass is 10.2. The van der Waals surface area contributed by atoms with Crippen molar-refractivity contribution in [2.45, 2.75) is 25.6 Å². The lowest BCUT2D eigenvalue weighted by Crippen LogP contribution is -2.35. The standard InChI is InChI=1S/C20H23BrFN3O4/c1-13(26)24-18-4-3-15(22)8-19(18)28-12-16(27)10-25-7-6-17(11-25)29-20-5-2-14(21)9-23-20/h2-5,8-9,16-17,27H,6-7,10-12H2,1H3,(H,24,26)/t16-,17?/m0/s1. The summed E-state index contributed by atoms with van der Waals surface area (Å²) in [6.45, 7) is 3.20. The zero-order valence-corrected chi connectivity index (χ0v) is 17.6. The Morgan fingerprint density at radius 1 is 1.45 bits per heavy atom. The third kappa shape index (κ3) is 6.66. The SMILES string of the molecule is CC(=O)Nc1ccc(F)cc1OC[C@@H](O)CN1CCC(Oc2ccc(Br)cn2)C1. The second kappa shape index (κ2) is 10.00. The highest BCUT2D eigenvalue weighted by Gasteiger charge is 2.26. The fourth-order valence-corrected chi connectivity index (χ4v) is 3.34. The van der Waals surface area contributed by atoms with Gasteiger partial charge in [-0.3, -0.25) is 9.69 Å². The minimum absolute atomic E-state index is 0.00591. The van der Waals surface area contributed by atoms with Crippen molar-refractivity contribution in [1.82, 2.24) is 9.88 Å². The third-order valence-electron chi connectivity index (χ3n) is 4.37. The van der Waals surface area contributed by atoms with Crippen LogP contribution in [0.15, 0.2) is 41.0 Å². The molecule has 1 aromatic carbocycles. The Kier molecular flexibility index (Phi) is 7.40. The molecule has 7 nitrogen and oxygen atoms in total. The van der Waals surface area contributed by atoms with Crippen LogP contribution in [0.3, 0.4) is 0 Å². The van der Waals surface area contributed by atoms with Crippen LogP contribution in [0.25, 0.3) is 0 Å². The van der Waals surface area contributed by atoms with E-state index in [4.69, 9.17) is 9.47 Å². The highest BCUT2D eigenvalue weighted by atomic mass is 79.9. The average Bonchev–Trinajstić information content (AvgIpc) is 3.10. The molecule has 2 aromatic rings. The first kappa shape index (κ1) is 21.5. The molecule has 3 rings (SSSR count). The fraction of sp³-hybridized carbons (Fsp3) is 0.400. The number of rotatable bonds is 8. The number of hydrogen-bond donors (Lipinski definition) is 2. The Bertz CT molecular complexity index is 837. The number of aliphatic hydroxyl groups excluding tert-OH is 1. The predicted octanol–water partition coefficient (Wildman–Crippen LogP) is 2.83. The predicted molar refractivity (Wildman–Crippen MR) is 110 cm³/mol. The second-order valence-corrected chi connectivity index (χ2v) is 7.80. The van der Waals surface area contributed by atoms with Crippen molar-refractivity contribution in [2.24, 2.45) is 0 Å². The van der Waals surface area contributed by atoms with Crippen molar-refractivity contribution >= 4 is 27.5 Å². The van der Waals surface area contributed by atoms with Gasteiger partial charge in [-0.2, -0.15) is 0 Å². The number of aromatic nitrogens is 1. The van der Waals surface area contributed by atoms with Gasteiger partial charge in [-0.1, -0.05) is 0 Å². The summed E-state index contributed by atoms with van der Waals surface area (Å²) in [6, 6.07) is 7.53. The number of β-amino-alcohol motifs (C(OH)–C–C–N with tert-alkyl or cyclic N) is 1. The van der Waals surface area contributed by atoms with Crippen LogP contribution in [-0.4, -0.2) is 59.3 Å². The summed E-state index contributed by atoms with van der Waals surface area (Å²) in [7, 11) is 0. The van der Waals surface area contributed by atoms with Gasteiger partial charge < -0.3 is 19.9 Å². The van der Waals surface area contributed by atoms with Gasteiger partial charge in [-0.05, 0) is 40.5 Å². The van der Waals surface area contributed by atoms with E-state index in [9.17, 15) is 14.3 Å². The van der Waals surface area contributed by atoms with Gasteiger partial charge in [0.15, 0.2) is 0 Å². The number of benzene rings is 1. The van der Waals surface area contributed by atoms with E-state index in [0.717, 1.165) is 17.4 Å². The van der Waals surface area contributed by atoms with Gasteiger partial charge in [0.1, 0.15) is 30.4 Å². The minimum Gasteiger partial charge on any atom is -0.489 e. The lowest BCUT2D eigenvalue weighted by molar-refractivity contribution is -0.114. The Hall–Kier alpha value is -2.23. The minimum atomic E-state index is -0.770. The Morgan fingerprint density at radius 2 is 2.28 bits per heavy atom. The van der Waals surface area contributed by atoms with Gasteiger partial charge in [-0.25, -0.2) is 9.37 Å². The summed E-state index contributed by atoms with van der Waals surface area (Å²) in [6.07, 6.45) is 1.76. The highest BCUT2D eigenvalue weighted by Crippen LogP contribution is 2.26. The molecule has 0 saturated carbocycles. The van der Waals surface area contributed by atoms with Crippen LogP contribution in [0.1, 0.15) is 13.3 Å². The van der Waals surface area contributed by atoms with Crippen LogP contribution in [0.2, 0.25) is 0 Å². The zero-order chi connectivity index (χ0) is 20.8. The normalized spacial score (nSPS) is 17.7. The average molecular weight is 468 g/mol. The molecule has 2 atom stereocenters. The van der Waals surface area contributed by atoms with Crippen LogP contribution in [0.4, 0.5) is 10.1 Å². The number of likely N-dealkylation sites (tertiary alicyclic amines) is 1. The topological polar surface area (TPSA) is 83.9 Å². The largest absolute Gasteiger partial charge is 0.489 e. The van der Waals surface area contributed by atoms with E-state index in [1.54, 1.807) is 12.3 Å². The number of hydrogen-bond acceptors (Lipinski definition) is 6. The molecule has 9 heteroatoms. The molecular weight excluding hydrogens is 445 g/mol. The summed E-state index contributed by atoms with van der Waals surface area (Å²) >= 11 is 3.34. The number of carbonyl (C=O) groups excluding carboxylic acids is 1. The first-order chi connectivity index (χ1) is 13.9. The molecule has 1 saturated heterocycles. The quantitative estimate of drug-likeness (QED) is 0.620. The molecule has 1 aromatic heterocycles. The smallest absolute Gasteiger partial charge is 0.221 e. The van der Waals surface area contributed by atoms with E-state index >= 15 is 0 Å². The lowest BCUT2D eigenvalue weighted by Gasteiger charge is -2.21. The Morgan fingerprint density at radius 3 is 3.00 bits per heavy atom. The van der Waals surface area contributed by atoms with Crippen molar-refractivity contribution in [3.8, 4) is 11.6 Å². The summed E-state index contributed by atoms with van der Waals surface area (Å²) < 4.78 is 25.8. The van der Waals surface area contributed by atoms with Crippen LogP contribution in [0.5, 0.6) is 11.6 Å². The number of aliphatic hydroxyl groups is 1. The van der Waals surface area contributed by atoms with Crippen molar-refractivity contribution in [2.75, 3.05) is 31.6 Å². The summed E-state index contributed by atoms with van der Waals surface area (Å²) in [4.78, 5) is 17.6. The summed E-state index contributed by atoms with van der Waals surface area (Å²) in [5, 5.41) is 12.9. The number of carbonyl (C=O) groups is 1. The van der Waals surface area contributed by atoms with E-state index in [-0.39, 0.29) is 24.4 Å². The Labute approximate surface area is 177 Å². The monoisotopic (exact) mass is 467 g/mol. The third-order valence-corrected chi connectivity index (χ3v) is 4.84. The van der Waals surface area contributed by atoms with Gasteiger partial charge in [-0.15, -0.1) is 0 Å². The van der Waals surface area contributed by atoms with E-state index in [0.29, 0.717) is 24.7 Å². The molecule has 29 heavy (non-hydrogen) atoms. The number of ether oxygens (including phenoxy) is 2. The molecule has 0 aliphatic carbocycles. The number of anilines is 1. The van der Waals surface area contributed by atoms with E-state index < -0.39 is 11.9 Å². The maximum Gasteiger partial charge on any atom is 0.221 e. The second-order valence-electron chi connectivity index (χ2n) is 6.89. The molecule has 1 aliphatic heterocycles. The molecule has 1 aliphatic rings. The molecule has 1 fully saturated rings. The summed E-state index contributed by atoms with van der Waals surface area (Å²) in [5.74, 6) is -0.0150. The van der Waals surface area contributed by atoms with Gasteiger partial charge in [0.25, 0.3) is 0 Å². The highest BCUT2D eigenvalue weighted by molar-refractivity contribution is 9.10. The molecule has 0 radical (unpaired) electrons.